The van der Waals surface area contributed by atoms with Crippen LogP contribution in [0.25, 0.3) is 10.8 Å². The second kappa shape index (κ2) is 8.93. The Balaban J connectivity index is 1.66. The molecule has 0 atom stereocenters. The SMILES string of the molecule is COc1ccc(OC)c(S(=O)(=O)NCC(=O)OCc2cccc3ccccc23)c1. The van der Waals surface area contributed by atoms with Gasteiger partial charge < -0.3 is 14.2 Å². The van der Waals surface area contributed by atoms with Crippen molar-refractivity contribution in [2.75, 3.05) is 20.8 Å². The first-order valence-electron chi connectivity index (χ1n) is 8.78. The molecule has 1 N–H and O–H groups in total. The second-order valence-corrected chi connectivity index (χ2v) is 7.88. The van der Waals surface area contributed by atoms with E-state index in [1.807, 2.05) is 42.5 Å². The molecule has 0 saturated heterocycles. The Morgan fingerprint density at radius 1 is 0.966 bits per heavy atom. The van der Waals surface area contributed by atoms with E-state index in [0.29, 0.717) is 5.75 Å². The van der Waals surface area contributed by atoms with Crippen LogP contribution in [0.5, 0.6) is 11.5 Å². The summed E-state index contributed by atoms with van der Waals surface area (Å²) >= 11 is 0. The lowest BCUT2D eigenvalue weighted by molar-refractivity contribution is -0.143. The van der Waals surface area contributed by atoms with Crippen molar-refractivity contribution in [1.29, 1.82) is 0 Å². The molecule has 0 heterocycles. The lowest BCUT2D eigenvalue weighted by Gasteiger charge is -2.12. The van der Waals surface area contributed by atoms with Gasteiger partial charge in [-0.05, 0) is 28.5 Å². The van der Waals surface area contributed by atoms with Crippen LogP contribution in [-0.2, 0) is 26.2 Å². The first-order chi connectivity index (χ1) is 13.9. The van der Waals surface area contributed by atoms with Gasteiger partial charge in [-0.1, -0.05) is 42.5 Å². The molecule has 8 heteroatoms. The van der Waals surface area contributed by atoms with Gasteiger partial charge in [-0.2, -0.15) is 4.72 Å². The molecule has 29 heavy (non-hydrogen) atoms. The third-order valence-electron chi connectivity index (χ3n) is 4.34. The summed E-state index contributed by atoms with van der Waals surface area (Å²) in [6, 6.07) is 17.8. The number of esters is 1. The van der Waals surface area contributed by atoms with E-state index in [2.05, 4.69) is 4.72 Å². The minimum atomic E-state index is -4.00. The summed E-state index contributed by atoms with van der Waals surface area (Å²) in [6.45, 7) is -0.460. The number of methoxy groups -OCH3 is 2. The van der Waals surface area contributed by atoms with E-state index >= 15 is 0 Å². The summed E-state index contributed by atoms with van der Waals surface area (Å²) in [4.78, 5) is 12.0. The zero-order chi connectivity index (χ0) is 20.9. The molecule has 0 fully saturated rings. The highest BCUT2D eigenvalue weighted by Crippen LogP contribution is 2.28. The number of hydrogen-bond donors (Lipinski definition) is 1. The quantitative estimate of drug-likeness (QED) is 0.569. The van der Waals surface area contributed by atoms with Gasteiger partial charge in [0.1, 0.15) is 29.5 Å². The summed E-state index contributed by atoms with van der Waals surface area (Å²) in [5.74, 6) is -0.199. The van der Waals surface area contributed by atoms with Crippen LogP contribution in [0.3, 0.4) is 0 Å². The van der Waals surface area contributed by atoms with E-state index in [1.165, 1.54) is 26.4 Å². The van der Waals surface area contributed by atoms with Crippen LogP contribution < -0.4 is 14.2 Å². The van der Waals surface area contributed by atoms with Crippen molar-refractivity contribution in [1.82, 2.24) is 4.72 Å². The first kappa shape index (κ1) is 20.6. The number of carbonyl (C=O) groups is 1. The number of benzene rings is 3. The molecule has 3 aromatic carbocycles. The van der Waals surface area contributed by atoms with E-state index in [1.54, 1.807) is 6.07 Å². The average Bonchev–Trinajstić information content (AvgIpc) is 2.75. The molecule has 0 spiro atoms. The number of hydrogen-bond acceptors (Lipinski definition) is 6. The molecule has 0 aliphatic rings. The van der Waals surface area contributed by atoms with Crippen LogP contribution in [0.2, 0.25) is 0 Å². The second-order valence-electron chi connectivity index (χ2n) is 6.14. The smallest absolute Gasteiger partial charge is 0.321 e. The Morgan fingerprint density at radius 2 is 1.72 bits per heavy atom. The molecule has 3 rings (SSSR count). The fourth-order valence-electron chi connectivity index (χ4n) is 2.85. The van der Waals surface area contributed by atoms with Crippen LogP contribution in [0.4, 0.5) is 0 Å². The maximum absolute atomic E-state index is 12.6. The van der Waals surface area contributed by atoms with Crippen LogP contribution in [-0.4, -0.2) is 35.2 Å². The van der Waals surface area contributed by atoms with Crippen molar-refractivity contribution in [3.8, 4) is 11.5 Å². The Bertz CT molecular complexity index is 1120. The summed E-state index contributed by atoms with van der Waals surface area (Å²) in [5, 5.41) is 2.01. The minimum absolute atomic E-state index is 0.0460. The van der Waals surface area contributed by atoms with E-state index in [0.717, 1.165) is 16.3 Å². The molecule has 7 nitrogen and oxygen atoms in total. The minimum Gasteiger partial charge on any atom is -0.497 e. The predicted octanol–water partition coefficient (Wildman–Crippen LogP) is 2.88. The van der Waals surface area contributed by atoms with Crippen LogP contribution >= 0.6 is 0 Å². The van der Waals surface area contributed by atoms with Gasteiger partial charge in [0.25, 0.3) is 0 Å². The lowest BCUT2D eigenvalue weighted by atomic mass is 10.1. The van der Waals surface area contributed by atoms with Crippen molar-refractivity contribution in [3.05, 3.63) is 66.2 Å². The number of fused-ring (bicyclic) bond motifs is 1. The summed E-state index contributed by atoms with van der Waals surface area (Å²) < 4.78 is 42.8. The monoisotopic (exact) mass is 415 g/mol. The third kappa shape index (κ3) is 4.85. The highest BCUT2D eigenvalue weighted by atomic mass is 32.2. The van der Waals surface area contributed by atoms with Crippen molar-refractivity contribution < 1.29 is 27.4 Å². The zero-order valence-electron chi connectivity index (χ0n) is 16.0. The summed E-state index contributed by atoms with van der Waals surface area (Å²) in [7, 11) is -1.22. The largest absolute Gasteiger partial charge is 0.497 e. The zero-order valence-corrected chi connectivity index (χ0v) is 16.9. The molecule has 0 radical (unpaired) electrons. The predicted molar refractivity (Wildman–Crippen MR) is 108 cm³/mol. The normalized spacial score (nSPS) is 11.2. The maximum Gasteiger partial charge on any atom is 0.321 e. The third-order valence-corrected chi connectivity index (χ3v) is 5.76. The fraction of sp³-hybridized carbons (Fsp3) is 0.190. The number of nitrogens with one attached hydrogen (secondary N) is 1. The van der Waals surface area contributed by atoms with Gasteiger partial charge in [0.2, 0.25) is 10.0 Å². The Hall–Kier alpha value is -3.10. The average molecular weight is 415 g/mol. The van der Waals surface area contributed by atoms with Gasteiger partial charge in [-0.3, -0.25) is 4.79 Å². The van der Waals surface area contributed by atoms with E-state index < -0.39 is 22.5 Å². The Morgan fingerprint density at radius 3 is 2.48 bits per heavy atom. The molecular formula is C21H21NO6S. The molecule has 152 valence electrons. The van der Waals surface area contributed by atoms with Gasteiger partial charge in [-0.15, -0.1) is 0 Å². The summed E-state index contributed by atoms with van der Waals surface area (Å²) in [5.41, 5.74) is 0.841. The van der Waals surface area contributed by atoms with Gasteiger partial charge in [0.05, 0.1) is 14.2 Å². The maximum atomic E-state index is 12.6. The molecule has 0 unspecified atom stereocenters. The van der Waals surface area contributed by atoms with Gasteiger partial charge in [0.15, 0.2) is 0 Å². The van der Waals surface area contributed by atoms with Crippen molar-refractivity contribution in [2.24, 2.45) is 0 Å². The van der Waals surface area contributed by atoms with Crippen molar-refractivity contribution in [3.63, 3.8) is 0 Å². The highest BCUT2D eigenvalue weighted by Gasteiger charge is 2.22. The van der Waals surface area contributed by atoms with Crippen molar-refractivity contribution >= 4 is 26.8 Å². The Kier molecular flexibility index (Phi) is 6.36. The molecule has 3 aromatic rings. The lowest BCUT2D eigenvalue weighted by Crippen LogP contribution is -2.31. The van der Waals surface area contributed by atoms with Crippen LogP contribution in [0.1, 0.15) is 5.56 Å². The molecule has 0 aromatic heterocycles. The molecule has 0 aliphatic heterocycles. The highest BCUT2D eigenvalue weighted by molar-refractivity contribution is 7.89. The molecule has 0 bridgehead atoms. The standard InChI is InChI=1S/C21H21NO6S/c1-26-17-10-11-19(27-2)20(12-17)29(24,25)22-13-21(23)28-14-16-8-5-7-15-6-3-4-9-18(15)16/h3-12,22H,13-14H2,1-2H3. The number of sulfonamides is 1. The number of ether oxygens (including phenoxy) is 3. The molecule has 0 amide bonds. The van der Waals surface area contributed by atoms with Crippen LogP contribution in [0.15, 0.2) is 65.6 Å². The van der Waals surface area contributed by atoms with Gasteiger partial charge in [-0.25, -0.2) is 8.42 Å². The van der Waals surface area contributed by atoms with E-state index in [-0.39, 0.29) is 17.3 Å². The Labute approximate surface area is 169 Å². The van der Waals surface area contributed by atoms with Gasteiger partial charge >= 0.3 is 5.97 Å². The topological polar surface area (TPSA) is 90.9 Å². The van der Waals surface area contributed by atoms with Crippen LogP contribution in [0, 0.1) is 0 Å². The molecule has 0 aliphatic carbocycles. The van der Waals surface area contributed by atoms with E-state index in [4.69, 9.17) is 14.2 Å². The number of carbonyl (C=O) groups excluding carboxylic acids is 1. The molecular weight excluding hydrogens is 394 g/mol. The first-order valence-corrected chi connectivity index (χ1v) is 10.3. The van der Waals surface area contributed by atoms with Gasteiger partial charge in [0, 0.05) is 6.07 Å². The summed E-state index contributed by atoms with van der Waals surface area (Å²) in [6.07, 6.45) is 0. The van der Waals surface area contributed by atoms with Crippen molar-refractivity contribution in [2.45, 2.75) is 11.5 Å². The fourth-order valence-corrected chi connectivity index (χ4v) is 4.00. The molecule has 0 saturated carbocycles. The number of rotatable bonds is 8. The van der Waals surface area contributed by atoms with E-state index in [9.17, 15) is 13.2 Å².